The monoisotopic (exact) mass is 171 g/mol. The Morgan fingerprint density at radius 3 is 3.15 bits per heavy atom. The van der Waals surface area contributed by atoms with Crippen LogP contribution in [0, 0.1) is 18.3 Å². The van der Waals surface area contributed by atoms with Crippen LogP contribution in [0.15, 0.2) is 35.5 Å². The zero-order valence-corrected chi connectivity index (χ0v) is 7.87. The van der Waals surface area contributed by atoms with Crippen LogP contribution < -0.4 is 0 Å². The Kier molecular flexibility index (Phi) is 1.68. The van der Waals surface area contributed by atoms with Gasteiger partial charge in [0.05, 0.1) is 0 Å². The first-order chi connectivity index (χ1) is 6.43. The topological polar surface area (TPSA) is 0 Å². The van der Waals surface area contributed by atoms with E-state index in [9.17, 15) is 0 Å². The lowest BCUT2D eigenvalue weighted by atomic mass is 9.72. The van der Waals surface area contributed by atoms with Gasteiger partial charge in [-0.2, -0.15) is 0 Å². The van der Waals surface area contributed by atoms with Crippen LogP contribution in [-0.4, -0.2) is 0 Å². The third-order valence-electron chi connectivity index (χ3n) is 3.64. The lowest BCUT2D eigenvalue weighted by Gasteiger charge is -2.33. The van der Waals surface area contributed by atoms with E-state index in [1.165, 1.54) is 25.7 Å². The molecule has 3 rings (SSSR count). The highest BCUT2D eigenvalue weighted by molar-refractivity contribution is 5.44. The summed E-state index contributed by atoms with van der Waals surface area (Å²) in [6.07, 6.45) is 17.0. The number of rotatable bonds is 0. The van der Waals surface area contributed by atoms with Gasteiger partial charge < -0.3 is 0 Å². The fourth-order valence-electron chi connectivity index (χ4n) is 2.87. The van der Waals surface area contributed by atoms with E-state index in [2.05, 4.69) is 30.7 Å². The van der Waals surface area contributed by atoms with Crippen LogP contribution >= 0.6 is 0 Å². The number of hydrogen-bond donors (Lipinski definition) is 0. The van der Waals surface area contributed by atoms with Crippen LogP contribution in [0.4, 0.5) is 0 Å². The standard InChI is InChI=1S/C13H15/c1-2-5-11-9-13-7-3-6-12(13)8-10(11)4-1/h1,3-4,6-7,10-11H,2,5,8-9H2. The minimum atomic E-state index is 0.851. The maximum absolute atomic E-state index is 2.45. The molecule has 0 amide bonds. The van der Waals surface area contributed by atoms with Crippen molar-refractivity contribution in [2.45, 2.75) is 25.7 Å². The highest BCUT2D eigenvalue weighted by Gasteiger charge is 2.29. The molecule has 2 unspecified atom stereocenters. The number of fused-ring (bicyclic) bond motifs is 1. The van der Waals surface area contributed by atoms with Crippen molar-refractivity contribution in [3.05, 3.63) is 41.9 Å². The average Bonchev–Trinajstić information content (AvgIpc) is 2.61. The van der Waals surface area contributed by atoms with Crippen LogP contribution in [0.25, 0.3) is 0 Å². The Balaban J connectivity index is 1.89. The van der Waals surface area contributed by atoms with Gasteiger partial charge >= 0.3 is 0 Å². The summed E-state index contributed by atoms with van der Waals surface area (Å²) in [6, 6.07) is 0. The molecule has 0 aromatic rings. The van der Waals surface area contributed by atoms with Crippen molar-refractivity contribution in [1.29, 1.82) is 0 Å². The molecule has 0 heterocycles. The zero-order valence-electron chi connectivity index (χ0n) is 7.87. The highest BCUT2D eigenvalue weighted by Crippen LogP contribution is 2.43. The number of allylic oxidation sites excluding steroid dienone is 6. The zero-order chi connectivity index (χ0) is 8.67. The summed E-state index contributed by atoms with van der Waals surface area (Å²) in [4.78, 5) is 0. The van der Waals surface area contributed by atoms with Crippen molar-refractivity contribution in [2.75, 3.05) is 0 Å². The van der Waals surface area contributed by atoms with E-state index in [1.807, 2.05) is 0 Å². The summed E-state index contributed by atoms with van der Waals surface area (Å²) in [5.74, 6) is 1.79. The maximum atomic E-state index is 2.45. The Bertz CT molecular complexity index is 304. The van der Waals surface area contributed by atoms with Gasteiger partial charge in [-0.15, -0.1) is 0 Å². The third kappa shape index (κ3) is 1.20. The predicted octanol–water partition coefficient (Wildman–Crippen LogP) is 3.43. The Morgan fingerprint density at radius 1 is 1.15 bits per heavy atom. The summed E-state index contributed by atoms with van der Waals surface area (Å²) in [5, 5.41) is 0. The molecule has 0 aromatic carbocycles. The molecule has 0 nitrogen and oxygen atoms in total. The van der Waals surface area contributed by atoms with Crippen LogP contribution in [0.3, 0.4) is 0 Å². The van der Waals surface area contributed by atoms with Crippen molar-refractivity contribution in [1.82, 2.24) is 0 Å². The molecule has 3 aliphatic carbocycles. The van der Waals surface area contributed by atoms with E-state index in [0.717, 1.165) is 11.8 Å². The summed E-state index contributed by atoms with van der Waals surface area (Å²) in [7, 11) is 0. The molecule has 0 aromatic heterocycles. The van der Waals surface area contributed by atoms with E-state index in [4.69, 9.17) is 0 Å². The SMILES string of the molecule is [CH]1C=CC2=C1CC1C=CCCC1C2. The van der Waals surface area contributed by atoms with Crippen molar-refractivity contribution in [3.8, 4) is 0 Å². The molecule has 0 bridgehead atoms. The van der Waals surface area contributed by atoms with Gasteiger partial charge in [0.25, 0.3) is 0 Å². The molecular formula is C13H15. The molecule has 0 N–H and O–H groups in total. The minimum absolute atomic E-state index is 0.851. The molecule has 3 aliphatic rings. The van der Waals surface area contributed by atoms with Gasteiger partial charge in [-0.3, -0.25) is 0 Å². The largest absolute Gasteiger partial charge is 0.0882 e. The second kappa shape index (κ2) is 2.87. The van der Waals surface area contributed by atoms with Crippen molar-refractivity contribution < 1.29 is 0 Å². The van der Waals surface area contributed by atoms with Gasteiger partial charge in [0.2, 0.25) is 0 Å². The van der Waals surface area contributed by atoms with Gasteiger partial charge in [-0.05, 0) is 43.1 Å². The lowest BCUT2D eigenvalue weighted by molar-refractivity contribution is 0.337. The van der Waals surface area contributed by atoms with E-state index >= 15 is 0 Å². The molecular weight excluding hydrogens is 156 g/mol. The second-order valence-electron chi connectivity index (χ2n) is 4.41. The van der Waals surface area contributed by atoms with Gasteiger partial charge in [0.15, 0.2) is 0 Å². The van der Waals surface area contributed by atoms with E-state index in [0.29, 0.717) is 0 Å². The van der Waals surface area contributed by atoms with Gasteiger partial charge in [0.1, 0.15) is 0 Å². The van der Waals surface area contributed by atoms with Crippen molar-refractivity contribution in [2.24, 2.45) is 11.8 Å². The van der Waals surface area contributed by atoms with E-state index < -0.39 is 0 Å². The number of hydrogen-bond acceptors (Lipinski definition) is 0. The average molecular weight is 171 g/mol. The molecule has 0 aliphatic heterocycles. The molecule has 2 atom stereocenters. The van der Waals surface area contributed by atoms with Crippen LogP contribution in [0.1, 0.15) is 25.7 Å². The van der Waals surface area contributed by atoms with Gasteiger partial charge in [0, 0.05) is 6.42 Å². The van der Waals surface area contributed by atoms with Crippen LogP contribution in [0.2, 0.25) is 0 Å². The summed E-state index contributed by atoms with van der Waals surface area (Å²) >= 11 is 0. The summed E-state index contributed by atoms with van der Waals surface area (Å²) in [6.45, 7) is 0. The van der Waals surface area contributed by atoms with Crippen LogP contribution in [-0.2, 0) is 0 Å². The van der Waals surface area contributed by atoms with Crippen molar-refractivity contribution in [3.63, 3.8) is 0 Å². The van der Waals surface area contributed by atoms with Gasteiger partial charge in [-0.1, -0.05) is 29.9 Å². The fraction of sp³-hybridized carbons (Fsp3) is 0.462. The summed E-state index contributed by atoms with van der Waals surface area (Å²) < 4.78 is 0. The summed E-state index contributed by atoms with van der Waals surface area (Å²) in [5.41, 5.74) is 3.23. The Morgan fingerprint density at radius 2 is 2.15 bits per heavy atom. The van der Waals surface area contributed by atoms with Crippen molar-refractivity contribution >= 4 is 0 Å². The third-order valence-corrected chi connectivity index (χ3v) is 3.64. The first-order valence-corrected chi connectivity index (χ1v) is 5.33. The Hall–Kier alpha value is -0.780. The predicted molar refractivity (Wildman–Crippen MR) is 55.1 cm³/mol. The molecule has 0 heteroatoms. The molecule has 0 saturated heterocycles. The highest BCUT2D eigenvalue weighted by atomic mass is 14.3. The molecule has 67 valence electrons. The molecule has 13 heavy (non-hydrogen) atoms. The molecule has 1 radical (unpaired) electrons. The second-order valence-corrected chi connectivity index (χ2v) is 4.41. The minimum Gasteiger partial charge on any atom is -0.0882 e. The first-order valence-electron chi connectivity index (χ1n) is 5.33. The molecule has 0 spiro atoms. The van der Waals surface area contributed by atoms with E-state index in [-0.39, 0.29) is 0 Å². The first kappa shape index (κ1) is 7.61. The van der Waals surface area contributed by atoms with Gasteiger partial charge in [-0.25, -0.2) is 0 Å². The molecule has 0 fully saturated rings. The van der Waals surface area contributed by atoms with Crippen LogP contribution in [0.5, 0.6) is 0 Å². The molecule has 0 saturated carbocycles. The van der Waals surface area contributed by atoms with E-state index in [1.54, 1.807) is 11.1 Å². The smallest absolute Gasteiger partial charge is 0.00866 e. The quantitative estimate of drug-likeness (QED) is 0.490. The maximum Gasteiger partial charge on any atom is 0.00866 e. The normalized spacial score (nSPS) is 36.3. The fourth-order valence-corrected chi connectivity index (χ4v) is 2.87. The lowest BCUT2D eigenvalue weighted by Crippen LogP contribution is -2.21. The Labute approximate surface area is 80.0 Å².